The van der Waals surface area contributed by atoms with Gasteiger partial charge in [0.05, 0.1) is 25.4 Å². The lowest BCUT2D eigenvalue weighted by molar-refractivity contribution is -0.207. The maximum Gasteiger partial charge on any atom is 0.155 e. The minimum absolute atomic E-state index is 0.158. The molecule has 19 heavy (non-hydrogen) atoms. The van der Waals surface area contributed by atoms with Crippen LogP contribution in [0.25, 0.3) is 10.4 Å². The van der Waals surface area contributed by atoms with Gasteiger partial charge < -0.3 is 14.6 Å². The number of benzene rings is 1. The van der Waals surface area contributed by atoms with Gasteiger partial charge in [-0.15, -0.1) is 0 Å². The predicted octanol–water partition coefficient (Wildman–Crippen LogP) is 2.38. The summed E-state index contributed by atoms with van der Waals surface area (Å²) in [6.07, 6.45) is -0.112. The Morgan fingerprint density at radius 1 is 1.37 bits per heavy atom. The predicted molar refractivity (Wildman–Crippen MR) is 69.1 cm³/mol. The van der Waals surface area contributed by atoms with E-state index in [2.05, 4.69) is 10.0 Å². The highest BCUT2D eigenvalue weighted by Crippen LogP contribution is 2.22. The molecule has 1 saturated heterocycles. The van der Waals surface area contributed by atoms with Gasteiger partial charge in [-0.2, -0.15) is 0 Å². The van der Waals surface area contributed by atoms with E-state index in [4.69, 9.17) is 15.0 Å². The van der Waals surface area contributed by atoms with Crippen LogP contribution in [0, 0.1) is 0 Å². The summed E-state index contributed by atoms with van der Waals surface area (Å²) in [5.41, 5.74) is 9.44. The van der Waals surface area contributed by atoms with Crippen molar-refractivity contribution in [2.75, 3.05) is 6.54 Å². The molecule has 2 rings (SSSR count). The van der Waals surface area contributed by atoms with E-state index in [0.29, 0.717) is 19.4 Å². The van der Waals surface area contributed by atoms with Gasteiger partial charge in [0.25, 0.3) is 0 Å². The van der Waals surface area contributed by atoms with E-state index in [1.807, 2.05) is 30.3 Å². The average molecular weight is 263 g/mol. The average Bonchev–Trinajstić information content (AvgIpc) is 2.45. The number of rotatable bonds is 5. The molecule has 0 bridgehead atoms. The SMILES string of the molecule is [N-]=[N+]=NC[C@H]1OC(O)CC[C@@H]1OCc1ccccc1. The third-order valence-corrected chi connectivity index (χ3v) is 3.08. The molecule has 0 aromatic heterocycles. The van der Waals surface area contributed by atoms with E-state index in [1.165, 1.54) is 0 Å². The topological polar surface area (TPSA) is 87.5 Å². The molecule has 0 radical (unpaired) electrons. The highest BCUT2D eigenvalue weighted by molar-refractivity contribution is 5.13. The second-order valence-electron chi connectivity index (χ2n) is 4.46. The zero-order valence-corrected chi connectivity index (χ0v) is 10.6. The van der Waals surface area contributed by atoms with E-state index < -0.39 is 6.29 Å². The largest absolute Gasteiger partial charge is 0.371 e. The first-order valence-corrected chi connectivity index (χ1v) is 6.29. The Morgan fingerprint density at radius 2 is 2.16 bits per heavy atom. The van der Waals surface area contributed by atoms with Crippen LogP contribution in [0.15, 0.2) is 35.4 Å². The molecule has 0 saturated carbocycles. The smallest absolute Gasteiger partial charge is 0.155 e. The fourth-order valence-electron chi connectivity index (χ4n) is 2.10. The fourth-order valence-corrected chi connectivity index (χ4v) is 2.10. The van der Waals surface area contributed by atoms with Crippen molar-refractivity contribution in [3.8, 4) is 0 Å². The Hall–Kier alpha value is -1.59. The molecule has 1 N–H and O–H groups in total. The lowest BCUT2D eigenvalue weighted by Crippen LogP contribution is -2.42. The molecule has 0 spiro atoms. The summed E-state index contributed by atoms with van der Waals surface area (Å²) in [6, 6.07) is 9.84. The van der Waals surface area contributed by atoms with Crippen LogP contribution in [-0.4, -0.2) is 30.1 Å². The van der Waals surface area contributed by atoms with Gasteiger partial charge in [0.1, 0.15) is 0 Å². The minimum atomic E-state index is -0.796. The van der Waals surface area contributed by atoms with Crippen LogP contribution in [0.4, 0.5) is 0 Å². The molecule has 1 aromatic rings. The summed E-state index contributed by atoms with van der Waals surface area (Å²) in [5.74, 6) is 0. The molecular weight excluding hydrogens is 246 g/mol. The van der Waals surface area contributed by atoms with E-state index in [9.17, 15) is 5.11 Å². The normalized spacial score (nSPS) is 26.7. The Balaban J connectivity index is 1.90. The van der Waals surface area contributed by atoms with Crippen molar-refractivity contribution in [3.63, 3.8) is 0 Å². The number of hydrogen-bond donors (Lipinski definition) is 1. The van der Waals surface area contributed by atoms with Gasteiger partial charge in [0.2, 0.25) is 0 Å². The molecule has 102 valence electrons. The number of azide groups is 1. The molecular formula is C13H17N3O3. The molecule has 1 aliphatic heterocycles. The van der Waals surface area contributed by atoms with Crippen molar-refractivity contribution in [2.45, 2.75) is 37.9 Å². The van der Waals surface area contributed by atoms with E-state index in [1.54, 1.807) is 0 Å². The van der Waals surface area contributed by atoms with Gasteiger partial charge in [-0.1, -0.05) is 35.4 Å². The van der Waals surface area contributed by atoms with Crippen molar-refractivity contribution in [1.29, 1.82) is 0 Å². The second kappa shape index (κ2) is 7.11. The first-order valence-electron chi connectivity index (χ1n) is 6.29. The zero-order chi connectivity index (χ0) is 13.5. The summed E-state index contributed by atoms with van der Waals surface area (Å²) < 4.78 is 11.2. The van der Waals surface area contributed by atoms with Crippen LogP contribution in [0.5, 0.6) is 0 Å². The number of aliphatic hydroxyl groups excluding tert-OH is 1. The Labute approximate surface area is 111 Å². The monoisotopic (exact) mass is 263 g/mol. The number of aliphatic hydroxyl groups is 1. The maximum atomic E-state index is 9.47. The lowest BCUT2D eigenvalue weighted by atomic mass is 10.0. The minimum Gasteiger partial charge on any atom is -0.371 e. The summed E-state index contributed by atoms with van der Waals surface area (Å²) in [4.78, 5) is 2.72. The maximum absolute atomic E-state index is 9.47. The summed E-state index contributed by atoms with van der Waals surface area (Å²) in [6.45, 7) is 0.657. The lowest BCUT2D eigenvalue weighted by Gasteiger charge is -2.33. The quantitative estimate of drug-likeness (QED) is 0.502. The standard InChI is InChI=1S/C13H17N3O3/c14-16-15-8-12-11(6-7-13(17)19-12)18-9-10-4-2-1-3-5-10/h1-5,11-13,17H,6-9H2/t11-,12+,13?/m0/s1. The van der Waals surface area contributed by atoms with Gasteiger partial charge in [0, 0.05) is 11.3 Å². The van der Waals surface area contributed by atoms with E-state index in [-0.39, 0.29) is 18.8 Å². The van der Waals surface area contributed by atoms with Crippen molar-refractivity contribution in [3.05, 3.63) is 46.3 Å². The van der Waals surface area contributed by atoms with E-state index >= 15 is 0 Å². The molecule has 1 aliphatic rings. The Morgan fingerprint density at radius 3 is 2.89 bits per heavy atom. The third-order valence-electron chi connectivity index (χ3n) is 3.08. The highest BCUT2D eigenvalue weighted by atomic mass is 16.6. The van der Waals surface area contributed by atoms with Crippen LogP contribution >= 0.6 is 0 Å². The summed E-state index contributed by atoms with van der Waals surface area (Å²) >= 11 is 0. The molecule has 1 heterocycles. The number of nitrogens with zero attached hydrogens (tertiary/aromatic N) is 3. The zero-order valence-electron chi connectivity index (χ0n) is 10.6. The molecule has 6 heteroatoms. The van der Waals surface area contributed by atoms with Crippen molar-refractivity contribution < 1.29 is 14.6 Å². The van der Waals surface area contributed by atoms with Crippen LogP contribution in [0.1, 0.15) is 18.4 Å². The summed E-state index contributed by atoms with van der Waals surface area (Å²) in [5, 5.41) is 13.0. The van der Waals surface area contributed by atoms with Crippen molar-refractivity contribution in [2.24, 2.45) is 5.11 Å². The van der Waals surface area contributed by atoms with Crippen molar-refractivity contribution in [1.82, 2.24) is 0 Å². The van der Waals surface area contributed by atoms with Gasteiger partial charge in [-0.25, -0.2) is 0 Å². The van der Waals surface area contributed by atoms with E-state index in [0.717, 1.165) is 5.56 Å². The number of hydrogen-bond acceptors (Lipinski definition) is 4. The highest BCUT2D eigenvalue weighted by Gasteiger charge is 2.30. The van der Waals surface area contributed by atoms with Gasteiger partial charge in [-0.05, 0) is 17.5 Å². The molecule has 6 nitrogen and oxygen atoms in total. The number of ether oxygens (including phenoxy) is 2. The Kier molecular flexibility index (Phi) is 5.18. The van der Waals surface area contributed by atoms with Gasteiger partial charge >= 0.3 is 0 Å². The Bertz CT molecular complexity index is 434. The van der Waals surface area contributed by atoms with Crippen molar-refractivity contribution >= 4 is 0 Å². The van der Waals surface area contributed by atoms with Crippen LogP contribution in [-0.2, 0) is 16.1 Å². The van der Waals surface area contributed by atoms with Crippen LogP contribution < -0.4 is 0 Å². The van der Waals surface area contributed by atoms with Crippen LogP contribution in [0.3, 0.4) is 0 Å². The van der Waals surface area contributed by atoms with Crippen LogP contribution in [0.2, 0.25) is 0 Å². The molecule has 0 aliphatic carbocycles. The summed E-state index contributed by atoms with van der Waals surface area (Å²) in [7, 11) is 0. The fraction of sp³-hybridized carbons (Fsp3) is 0.538. The molecule has 1 unspecified atom stereocenters. The first-order chi connectivity index (χ1) is 9.29. The molecule has 1 aromatic carbocycles. The molecule has 3 atom stereocenters. The first kappa shape index (κ1) is 13.8. The molecule has 1 fully saturated rings. The second-order valence-corrected chi connectivity index (χ2v) is 4.46. The van der Waals surface area contributed by atoms with Gasteiger partial charge in [-0.3, -0.25) is 0 Å². The third kappa shape index (κ3) is 4.22. The van der Waals surface area contributed by atoms with Gasteiger partial charge in [0.15, 0.2) is 6.29 Å². The molecule has 0 amide bonds.